The van der Waals surface area contributed by atoms with E-state index in [9.17, 15) is 4.79 Å². The molecule has 1 amide bonds. The number of nitrogens with zero attached hydrogens (tertiary/aromatic N) is 3. The number of halogens is 1. The minimum absolute atomic E-state index is 0.0771. The van der Waals surface area contributed by atoms with Gasteiger partial charge in [-0.05, 0) is 30.0 Å². The Bertz CT molecular complexity index is 694. The van der Waals surface area contributed by atoms with Gasteiger partial charge in [0.15, 0.2) is 0 Å². The second kappa shape index (κ2) is 4.68. The number of hydrogen-bond acceptors (Lipinski definition) is 5. The second-order valence-corrected chi connectivity index (χ2v) is 7.28. The summed E-state index contributed by atoms with van der Waals surface area (Å²) in [6, 6.07) is 8.78. The molecule has 0 spiro atoms. The van der Waals surface area contributed by atoms with Crippen molar-refractivity contribution in [3.05, 3.63) is 34.9 Å². The van der Waals surface area contributed by atoms with Crippen LogP contribution in [0.5, 0.6) is 0 Å². The molecule has 2 aliphatic carbocycles. The van der Waals surface area contributed by atoms with Gasteiger partial charge in [-0.15, -0.1) is 0 Å². The van der Waals surface area contributed by atoms with E-state index >= 15 is 0 Å². The van der Waals surface area contributed by atoms with Gasteiger partial charge in [0.2, 0.25) is 0 Å². The molecule has 1 N–H and O–H groups in total. The van der Waals surface area contributed by atoms with E-state index in [1.54, 1.807) is 5.01 Å². The average molecular weight is 333 g/mol. The average Bonchev–Trinajstić information content (AvgIpc) is 3.16. The van der Waals surface area contributed by atoms with Gasteiger partial charge in [-0.1, -0.05) is 23.7 Å². The number of ether oxygens (including phenoxy) is 1. The van der Waals surface area contributed by atoms with Crippen molar-refractivity contribution in [3.63, 3.8) is 0 Å². The van der Waals surface area contributed by atoms with Crippen LogP contribution in [0.1, 0.15) is 18.0 Å². The Labute approximate surface area is 138 Å². The van der Waals surface area contributed by atoms with Gasteiger partial charge >= 0.3 is 6.09 Å². The molecule has 0 aromatic heterocycles. The quantitative estimate of drug-likeness (QED) is 0.860. The van der Waals surface area contributed by atoms with E-state index in [0.717, 1.165) is 17.0 Å². The summed E-state index contributed by atoms with van der Waals surface area (Å²) in [5, 5.41) is 11.5. The van der Waals surface area contributed by atoms with Crippen LogP contribution in [-0.4, -0.2) is 36.3 Å². The Morgan fingerprint density at radius 2 is 2.09 bits per heavy atom. The highest BCUT2D eigenvalue weighted by molar-refractivity contribution is 6.30. The van der Waals surface area contributed by atoms with Crippen molar-refractivity contribution in [3.8, 4) is 0 Å². The summed E-state index contributed by atoms with van der Waals surface area (Å²) in [4.78, 5) is 11.9. The van der Waals surface area contributed by atoms with E-state index in [-0.39, 0.29) is 24.2 Å². The van der Waals surface area contributed by atoms with Gasteiger partial charge in [0.05, 0.1) is 25.2 Å². The number of amides is 1. The van der Waals surface area contributed by atoms with Crippen molar-refractivity contribution in [1.82, 2.24) is 10.4 Å². The summed E-state index contributed by atoms with van der Waals surface area (Å²) in [6.07, 6.45) is 0.805. The lowest BCUT2D eigenvalue weighted by molar-refractivity contribution is -0.0628. The Kier molecular flexibility index (Phi) is 2.79. The van der Waals surface area contributed by atoms with Crippen LogP contribution in [0.3, 0.4) is 0 Å². The molecule has 3 fully saturated rings. The number of fused-ring (bicyclic) bond motifs is 8. The first-order valence-electron chi connectivity index (χ1n) is 7.98. The third-order valence-corrected chi connectivity index (χ3v) is 6.25. The highest BCUT2D eigenvalue weighted by Gasteiger charge is 2.68. The Morgan fingerprint density at radius 1 is 1.30 bits per heavy atom. The van der Waals surface area contributed by atoms with Crippen molar-refractivity contribution in [2.45, 2.75) is 30.6 Å². The smallest absolute Gasteiger partial charge is 0.424 e. The van der Waals surface area contributed by atoms with E-state index in [1.165, 1.54) is 7.11 Å². The van der Waals surface area contributed by atoms with Crippen molar-refractivity contribution in [1.29, 1.82) is 0 Å². The van der Waals surface area contributed by atoms with Gasteiger partial charge in [0.1, 0.15) is 6.04 Å². The first-order valence-corrected chi connectivity index (χ1v) is 8.35. The van der Waals surface area contributed by atoms with Gasteiger partial charge in [-0.3, -0.25) is 0 Å². The molecular weight excluding hydrogens is 316 g/mol. The fourth-order valence-electron chi connectivity index (χ4n) is 5.11. The third-order valence-electron chi connectivity index (χ3n) is 6.00. The summed E-state index contributed by atoms with van der Waals surface area (Å²) in [6.45, 7) is 0. The molecule has 0 radical (unpaired) electrons. The molecule has 120 valence electrons. The third kappa shape index (κ3) is 1.71. The van der Waals surface area contributed by atoms with Gasteiger partial charge in [-0.25, -0.2) is 15.2 Å². The van der Waals surface area contributed by atoms with Crippen molar-refractivity contribution in [2.24, 2.45) is 28.0 Å². The SMILES string of the molecule is COC(=O)N1N[C@H]2[C@@H]1[C@H]1C[C@@H]2C2N=NC(c3ccc(Cl)cc3)C21. The highest BCUT2D eigenvalue weighted by atomic mass is 35.5. The molecule has 3 unspecified atom stereocenters. The monoisotopic (exact) mass is 332 g/mol. The number of azo groups is 1. The van der Waals surface area contributed by atoms with Gasteiger partial charge in [-0.2, -0.15) is 10.2 Å². The van der Waals surface area contributed by atoms with E-state index in [2.05, 4.69) is 15.7 Å². The topological polar surface area (TPSA) is 66.3 Å². The maximum Gasteiger partial charge on any atom is 0.424 e. The van der Waals surface area contributed by atoms with Crippen LogP contribution in [0.15, 0.2) is 34.5 Å². The largest absolute Gasteiger partial charge is 0.452 e. The minimum Gasteiger partial charge on any atom is -0.452 e. The van der Waals surface area contributed by atoms with Crippen LogP contribution < -0.4 is 5.43 Å². The zero-order valence-electron chi connectivity index (χ0n) is 12.6. The zero-order valence-corrected chi connectivity index (χ0v) is 13.3. The Morgan fingerprint density at radius 3 is 2.83 bits per heavy atom. The van der Waals surface area contributed by atoms with Gasteiger partial charge < -0.3 is 4.74 Å². The Hall–Kier alpha value is -1.66. The maximum absolute atomic E-state index is 11.9. The minimum atomic E-state index is -0.301. The molecule has 2 aliphatic heterocycles. The number of hydrogen-bond donors (Lipinski definition) is 1. The van der Waals surface area contributed by atoms with Crippen LogP contribution >= 0.6 is 11.6 Å². The summed E-state index contributed by atoms with van der Waals surface area (Å²) < 4.78 is 4.87. The second-order valence-electron chi connectivity index (χ2n) is 6.84. The van der Waals surface area contributed by atoms with E-state index < -0.39 is 0 Å². The summed E-state index contributed by atoms with van der Waals surface area (Å²) in [5.74, 6) is 1.26. The van der Waals surface area contributed by atoms with Crippen molar-refractivity contribution < 1.29 is 9.53 Å². The summed E-state index contributed by atoms with van der Waals surface area (Å²) >= 11 is 5.99. The fourth-order valence-corrected chi connectivity index (χ4v) is 5.24. The molecule has 7 atom stereocenters. The molecule has 4 aliphatic rings. The first-order chi connectivity index (χ1) is 11.2. The van der Waals surface area contributed by atoms with E-state index in [0.29, 0.717) is 23.8 Å². The summed E-state index contributed by atoms with van der Waals surface area (Å²) in [5.41, 5.74) is 4.40. The van der Waals surface area contributed by atoms with Gasteiger partial charge in [0.25, 0.3) is 0 Å². The lowest BCUT2D eigenvalue weighted by Crippen LogP contribution is -2.75. The van der Waals surface area contributed by atoms with Crippen LogP contribution in [-0.2, 0) is 4.74 Å². The molecule has 2 heterocycles. The van der Waals surface area contributed by atoms with E-state index in [1.807, 2.05) is 24.3 Å². The molecule has 1 aromatic carbocycles. The molecule has 2 saturated carbocycles. The molecule has 2 bridgehead atoms. The molecule has 23 heavy (non-hydrogen) atoms. The van der Waals surface area contributed by atoms with Gasteiger partial charge in [0, 0.05) is 16.9 Å². The molecule has 5 rings (SSSR count). The fraction of sp³-hybridized carbons (Fsp3) is 0.562. The van der Waals surface area contributed by atoms with Crippen LogP contribution in [0.25, 0.3) is 0 Å². The first kappa shape index (κ1) is 13.7. The van der Waals surface area contributed by atoms with Crippen LogP contribution in [0, 0.1) is 17.8 Å². The molecule has 6 nitrogen and oxygen atoms in total. The number of benzene rings is 1. The standard InChI is InChI=1S/C16H17ClN4O2/c1-23-16(22)21-15-9-6-10(14(15)20-21)13-11(9)12(18-19-13)7-2-4-8(17)5-3-7/h2-5,9-15,20H,6H2,1H3/t9-,10+,11?,12?,13?,14+,15-/m0/s1. The van der Waals surface area contributed by atoms with Crippen molar-refractivity contribution >= 4 is 17.7 Å². The number of methoxy groups -OCH3 is 1. The number of rotatable bonds is 1. The highest BCUT2D eigenvalue weighted by Crippen LogP contribution is 2.61. The van der Waals surface area contributed by atoms with Crippen LogP contribution in [0.4, 0.5) is 4.79 Å². The Balaban J connectivity index is 1.44. The van der Waals surface area contributed by atoms with E-state index in [4.69, 9.17) is 16.3 Å². The molecule has 1 saturated heterocycles. The molecule has 7 heteroatoms. The van der Waals surface area contributed by atoms with Crippen LogP contribution in [0.2, 0.25) is 5.02 Å². The summed E-state index contributed by atoms with van der Waals surface area (Å²) in [7, 11) is 1.42. The molecular formula is C16H17ClN4O2. The predicted molar refractivity (Wildman–Crippen MR) is 82.9 cm³/mol. The number of carbonyl (C=O) groups is 1. The predicted octanol–water partition coefficient (Wildman–Crippen LogP) is 2.81. The molecule has 1 aromatic rings. The number of carbonyl (C=O) groups excluding carboxylic acids is 1. The van der Waals surface area contributed by atoms with Crippen molar-refractivity contribution in [2.75, 3.05) is 7.11 Å². The maximum atomic E-state index is 11.9. The number of nitrogens with one attached hydrogen (secondary N) is 1. The lowest BCUT2D eigenvalue weighted by Gasteiger charge is -2.52. The lowest BCUT2D eigenvalue weighted by atomic mass is 9.73. The normalized spacial score (nSPS) is 42.3. The number of hydrazine groups is 1. The zero-order chi connectivity index (χ0) is 15.7.